The third-order valence-electron chi connectivity index (χ3n) is 4.96. The molecule has 1 aromatic heterocycles. The minimum absolute atomic E-state index is 0.105. The van der Waals surface area contributed by atoms with Gasteiger partial charge in [-0.3, -0.25) is 9.89 Å². The van der Waals surface area contributed by atoms with E-state index in [1.54, 1.807) is 25.2 Å². The molecule has 0 unspecified atom stereocenters. The second-order valence-electron chi connectivity index (χ2n) is 7.16. The first kappa shape index (κ1) is 20.3. The third kappa shape index (κ3) is 4.13. The Kier molecular flexibility index (Phi) is 5.66. The second-order valence-corrected chi connectivity index (χ2v) is 7.98. The molecule has 30 heavy (non-hydrogen) atoms. The van der Waals surface area contributed by atoms with Crippen LogP contribution in [0.5, 0.6) is 5.75 Å². The molecule has 0 bridgehead atoms. The fourth-order valence-electron chi connectivity index (χ4n) is 3.39. The summed E-state index contributed by atoms with van der Waals surface area (Å²) in [6.45, 7) is 0.329. The molecule has 0 radical (unpaired) electrons. The first-order chi connectivity index (χ1) is 14.4. The van der Waals surface area contributed by atoms with Crippen LogP contribution in [-0.4, -0.2) is 33.2 Å². The molecule has 7 heteroatoms. The maximum atomic E-state index is 13.0. The number of hydrogen-bond donors (Lipinski definition) is 2. The summed E-state index contributed by atoms with van der Waals surface area (Å²) in [5.74, 6) is -0.404. The molecule has 0 saturated carbocycles. The number of nitrogens with one attached hydrogen (secondary N) is 1. The smallest absolute Gasteiger partial charge is 0.257 e. The molecule has 0 aliphatic heterocycles. The van der Waals surface area contributed by atoms with Crippen LogP contribution in [0.4, 0.5) is 0 Å². The molecule has 5 nitrogen and oxygen atoms in total. The second kappa shape index (κ2) is 8.38. The molecule has 3 aromatic carbocycles. The van der Waals surface area contributed by atoms with Crippen molar-refractivity contribution in [2.75, 3.05) is 7.05 Å². The molecule has 0 spiro atoms. The maximum absolute atomic E-state index is 13.0. The number of phenolic OH excluding ortho intramolecular Hbond substituents is 1. The number of hydrogen-bond acceptors (Lipinski definition) is 3. The minimum atomic E-state index is -0.299. The van der Waals surface area contributed by atoms with Crippen LogP contribution in [0, 0.1) is 0 Å². The molecule has 1 amide bonds. The summed E-state index contributed by atoms with van der Waals surface area (Å²) in [5.41, 5.74) is 3.69. The van der Waals surface area contributed by atoms with E-state index in [0.29, 0.717) is 28.5 Å². The van der Waals surface area contributed by atoms with Gasteiger partial charge in [0.25, 0.3) is 5.91 Å². The Labute approximate surface area is 183 Å². The Morgan fingerprint density at radius 3 is 2.53 bits per heavy atom. The summed E-state index contributed by atoms with van der Waals surface area (Å²) in [6, 6.07) is 18.4. The fraction of sp³-hybridized carbons (Fsp3) is 0.130. The molecular weight excluding hydrogens is 421 g/mol. The number of amides is 1. The molecule has 152 valence electrons. The third-order valence-corrected chi connectivity index (χ3v) is 5.69. The molecule has 0 aliphatic rings. The predicted octanol–water partition coefficient (Wildman–Crippen LogP) is 5.44. The lowest BCUT2D eigenvalue weighted by molar-refractivity contribution is 0.0782. The first-order valence-corrected chi connectivity index (χ1v) is 10.1. The topological polar surface area (TPSA) is 69.2 Å². The molecule has 0 atom stereocenters. The zero-order valence-electron chi connectivity index (χ0n) is 16.2. The molecule has 2 N–H and O–H groups in total. The Balaban J connectivity index is 1.62. The monoisotopic (exact) mass is 439 g/mol. The van der Waals surface area contributed by atoms with Crippen LogP contribution in [0.2, 0.25) is 10.0 Å². The van der Waals surface area contributed by atoms with E-state index in [4.69, 9.17) is 23.2 Å². The van der Waals surface area contributed by atoms with Gasteiger partial charge >= 0.3 is 0 Å². The van der Waals surface area contributed by atoms with Gasteiger partial charge in [-0.05, 0) is 29.3 Å². The zero-order valence-corrected chi connectivity index (χ0v) is 17.7. The average Bonchev–Trinajstić information content (AvgIpc) is 3.11. The van der Waals surface area contributed by atoms with Crippen molar-refractivity contribution < 1.29 is 9.90 Å². The number of carbonyl (C=O) groups is 1. The van der Waals surface area contributed by atoms with Crippen molar-refractivity contribution in [2.24, 2.45) is 0 Å². The van der Waals surface area contributed by atoms with Gasteiger partial charge in [-0.25, -0.2) is 0 Å². The van der Waals surface area contributed by atoms with Gasteiger partial charge in [0.2, 0.25) is 0 Å². The van der Waals surface area contributed by atoms with Crippen molar-refractivity contribution in [2.45, 2.75) is 13.0 Å². The zero-order chi connectivity index (χ0) is 21.3. The number of benzene rings is 3. The van der Waals surface area contributed by atoms with Crippen LogP contribution < -0.4 is 0 Å². The molecule has 4 aromatic rings. The van der Waals surface area contributed by atoms with Gasteiger partial charge in [-0.2, -0.15) is 5.10 Å². The van der Waals surface area contributed by atoms with Gasteiger partial charge in [0.1, 0.15) is 5.75 Å². The van der Waals surface area contributed by atoms with Gasteiger partial charge < -0.3 is 10.0 Å². The predicted molar refractivity (Wildman–Crippen MR) is 119 cm³/mol. The lowest BCUT2D eigenvalue weighted by atomic mass is 10.0. The molecule has 4 rings (SSSR count). The number of H-pyrrole nitrogens is 1. The highest BCUT2D eigenvalue weighted by atomic mass is 35.5. The van der Waals surface area contributed by atoms with E-state index in [1.165, 1.54) is 11.0 Å². The van der Waals surface area contributed by atoms with E-state index in [9.17, 15) is 9.90 Å². The summed E-state index contributed by atoms with van der Waals surface area (Å²) in [7, 11) is 1.68. The molecule has 0 fully saturated rings. The van der Waals surface area contributed by atoms with Gasteiger partial charge in [0, 0.05) is 37.2 Å². The lowest BCUT2D eigenvalue weighted by Gasteiger charge is -2.18. The highest BCUT2D eigenvalue weighted by Gasteiger charge is 2.19. The fourth-order valence-corrected chi connectivity index (χ4v) is 3.72. The Morgan fingerprint density at radius 2 is 1.80 bits per heavy atom. The Bertz CT molecular complexity index is 1220. The quantitative estimate of drug-likeness (QED) is 0.434. The standard InChI is InChI=1S/C23H19Cl2N3O2/c1-28(13-15-7-8-18(24)19(25)9-15)23(30)17-11-16-20(10-14-5-3-2-4-6-14)26-27-21(16)12-22(17)29/h2-9,11-12,29H,10,13H2,1H3,(H,26,27). The highest BCUT2D eigenvalue weighted by molar-refractivity contribution is 6.42. The largest absolute Gasteiger partial charge is 0.507 e. The van der Waals surface area contributed by atoms with Gasteiger partial charge in [-0.1, -0.05) is 59.6 Å². The SMILES string of the molecule is CN(Cc1ccc(Cl)c(Cl)c1)C(=O)c1cc2c(Cc3ccccc3)[nH]nc2cc1O. The van der Waals surface area contributed by atoms with Gasteiger partial charge in [-0.15, -0.1) is 0 Å². The van der Waals surface area contributed by atoms with E-state index in [2.05, 4.69) is 10.2 Å². The van der Waals surface area contributed by atoms with Crippen molar-refractivity contribution in [1.29, 1.82) is 0 Å². The van der Waals surface area contributed by atoms with Crippen LogP contribution >= 0.6 is 23.2 Å². The van der Waals surface area contributed by atoms with Gasteiger partial charge in [0.05, 0.1) is 21.1 Å². The summed E-state index contributed by atoms with van der Waals surface area (Å²) >= 11 is 12.0. The van der Waals surface area contributed by atoms with Crippen LogP contribution in [-0.2, 0) is 13.0 Å². The number of fused-ring (bicyclic) bond motifs is 1. The van der Waals surface area contributed by atoms with Crippen molar-refractivity contribution >= 4 is 40.0 Å². The number of aromatic nitrogens is 2. The van der Waals surface area contributed by atoms with Crippen molar-refractivity contribution in [3.05, 3.63) is 93.1 Å². The molecule has 0 aliphatic carbocycles. The van der Waals surface area contributed by atoms with E-state index in [-0.39, 0.29) is 17.2 Å². The van der Waals surface area contributed by atoms with E-state index in [1.807, 2.05) is 36.4 Å². The number of aromatic amines is 1. The summed E-state index contributed by atoms with van der Waals surface area (Å²) in [4.78, 5) is 14.6. The van der Waals surface area contributed by atoms with Gasteiger partial charge in [0.15, 0.2) is 0 Å². The Hall–Kier alpha value is -3.02. The number of carbonyl (C=O) groups excluding carboxylic acids is 1. The van der Waals surface area contributed by atoms with Crippen molar-refractivity contribution in [3.8, 4) is 5.75 Å². The number of nitrogens with zero attached hydrogens (tertiary/aromatic N) is 2. The molecular formula is C23H19Cl2N3O2. The Morgan fingerprint density at radius 1 is 1.03 bits per heavy atom. The number of halogens is 2. The summed E-state index contributed by atoms with van der Waals surface area (Å²) in [6.07, 6.45) is 0.648. The highest BCUT2D eigenvalue weighted by Crippen LogP contribution is 2.29. The van der Waals surface area contributed by atoms with Crippen molar-refractivity contribution in [1.82, 2.24) is 15.1 Å². The molecule has 1 heterocycles. The lowest BCUT2D eigenvalue weighted by Crippen LogP contribution is -2.26. The van der Waals surface area contributed by atoms with Crippen molar-refractivity contribution in [3.63, 3.8) is 0 Å². The van der Waals surface area contributed by atoms with E-state index >= 15 is 0 Å². The maximum Gasteiger partial charge on any atom is 0.257 e. The number of rotatable bonds is 5. The minimum Gasteiger partial charge on any atom is -0.507 e. The number of aromatic hydroxyl groups is 1. The van der Waals surface area contributed by atoms with E-state index < -0.39 is 0 Å². The van der Waals surface area contributed by atoms with Crippen LogP contribution in [0.1, 0.15) is 27.2 Å². The van der Waals surface area contributed by atoms with Crippen LogP contribution in [0.15, 0.2) is 60.7 Å². The van der Waals surface area contributed by atoms with E-state index in [0.717, 1.165) is 22.2 Å². The summed E-state index contributed by atoms with van der Waals surface area (Å²) < 4.78 is 0. The van der Waals surface area contributed by atoms with Crippen LogP contribution in [0.25, 0.3) is 10.9 Å². The normalized spacial score (nSPS) is 11.0. The van der Waals surface area contributed by atoms with Crippen LogP contribution in [0.3, 0.4) is 0 Å². The molecule has 0 saturated heterocycles. The summed E-state index contributed by atoms with van der Waals surface area (Å²) in [5, 5.41) is 19.4. The first-order valence-electron chi connectivity index (χ1n) is 9.35. The average molecular weight is 440 g/mol. The number of phenols is 1.